The highest BCUT2D eigenvalue weighted by molar-refractivity contribution is 5.80. The van der Waals surface area contributed by atoms with Gasteiger partial charge in [-0.05, 0) is 55.0 Å². The van der Waals surface area contributed by atoms with Crippen LogP contribution in [0.3, 0.4) is 0 Å². The minimum Gasteiger partial charge on any atom is -0.368 e. The van der Waals surface area contributed by atoms with E-state index in [1.165, 1.54) is 16.8 Å². The van der Waals surface area contributed by atoms with Crippen molar-refractivity contribution in [3.8, 4) is 0 Å². The van der Waals surface area contributed by atoms with Crippen molar-refractivity contribution in [2.45, 2.75) is 44.8 Å². The van der Waals surface area contributed by atoms with Gasteiger partial charge < -0.3 is 21.3 Å². The van der Waals surface area contributed by atoms with Crippen molar-refractivity contribution in [1.29, 1.82) is 0 Å². The van der Waals surface area contributed by atoms with Crippen LogP contribution in [0.5, 0.6) is 0 Å². The maximum absolute atomic E-state index is 12.1. The Morgan fingerprint density at radius 3 is 2.59 bits per heavy atom. The Labute approximate surface area is 190 Å². The van der Waals surface area contributed by atoms with Crippen molar-refractivity contribution in [2.24, 2.45) is 5.73 Å². The second-order valence-corrected chi connectivity index (χ2v) is 8.68. The van der Waals surface area contributed by atoms with E-state index in [9.17, 15) is 9.59 Å². The number of nitrogens with zero attached hydrogens (tertiary/aromatic N) is 2. The second-order valence-electron chi connectivity index (χ2n) is 8.68. The Balaban J connectivity index is 1.15. The zero-order chi connectivity index (χ0) is 22.3. The van der Waals surface area contributed by atoms with Crippen LogP contribution in [0.15, 0.2) is 48.5 Å². The molecule has 2 heterocycles. The number of nitrogens with two attached hydrogens (primary N) is 1. The zero-order valence-electron chi connectivity index (χ0n) is 18.6. The van der Waals surface area contributed by atoms with Gasteiger partial charge in [0.15, 0.2) is 0 Å². The van der Waals surface area contributed by atoms with E-state index in [4.69, 9.17) is 5.73 Å². The number of carbonyl (C=O) groups excluding carboxylic acids is 2. The highest BCUT2D eigenvalue weighted by Crippen LogP contribution is 2.28. The summed E-state index contributed by atoms with van der Waals surface area (Å²) in [5.74, 6) is -0.246. The summed E-state index contributed by atoms with van der Waals surface area (Å²) in [5, 5.41) is 5.80. The molecule has 0 bridgehead atoms. The van der Waals surface area contributed by atoms with Gasteiger partial charge in [0.05, 0.1) is 6.04 Å². The number of benzene rings is 2. The Bertz CT molecular complexity index is 930. The highest BCUT2D eigenvalue weighted by Gasteiger charge is 2.28. The van der Waals surface area contributed by atoms with Gasteiger partial charge in [-0.25, -0.2) is 4.79 Å². The average Bonchev–Trinajstić information content (AvgIpc) is 3.44. The third kappa shape index (κ3) is 5.59. The van der Waals surface area contributed by atoms with Gasteiger partial charge in [-0.3, -0.25) is 9.69 Å². The molecule has 32 heavy (non-hydrogen) atoms. The molecule has 0 aliphatic carbocycles. The van der Waals surface area contributed by atoms with Crippen molar-refractivity contribution in [3.05, 3.63) is 65.2 Å². The van der Waals surface area contributed by atoms with E-state index >= 15 is 0 Å². The number of urea groups is 1. The fourth-order valence-corrected chi connectivity index (χ4v) is 4.70. The molecule has 7 heteroatoms. The number of anilines is 1. The van der Waals surface area contributed by atoms with Gasteiger partial charge >= 0.3 is 6.03 Å². The molecular weight excluding hydrogens is 402 g/mol. The van der Waals surface area contributed by atoms with E-state index in [-0.39, 0.29) is 18.0 Å². The standard InChI is InChI=1S/C25H33N5O2/c26-24(31)23-7-3-14-29(23)15-4-13-27-25(32)28-17-19-8-10-20(11-9-19)18-30-16-12-21-5-1-2-6-22(21)30/h1-2,5-6,8-11,23H,3-4,7,12-18H2,(H2,26,31)(H2,27,28,32)/t23-/m0/s1. The summed E-state index contributed by atoms with van der Waals surface area (Å²) in [6.07, 6.45) is 3.75. The number of para-hydroxylation sites is 1. The quantitative estimate of drug-likeness (QED) is 0.528. The van der Waals surface area contributed by atoms with Crippen molar-refractivity contribution >= 4 is 17.6 Å². The van der Waals surface area contributed by atoms with Crippen molar-refractivity contribution < 1.29 is 9.59 Å². The maximum Gasteiger partial charge on any atom is 0.315 e. The molecule has 2 aliphatic heterocycles. The predicted octanol–water partition coefficient (Wildman–Crippen LogP) is 2.39. The fourth-order valence-electron chi connectivity index (χ4n) is 4.70. The summed E-state index contributed by atoms with van der Waals surface area (Å²) >= 11 is 0. The lowest BCUT2D eigenvalue weighted by molar-refractivity contribution is -0.122. The van der Waals surface area contributed by atoms with Gasteiger partial charge in [0.2, 0.25) is 5.91 Å². The minimum atomic E-state index is -0.246. The molecule has 2 aromatic carbocycles. The lowest BCUT2D eigenvalue weighted by Gasteiger charge is -2.21. The van der Waals surface area contributed by atoms with Gasteiger partial charge in [0.25, 0.3) is 0 Å². The van der Waals surface area contributed by atoms with Crippen LogP contribution in [0.2, 0.25) is 0 Å². The van der Waals surface area contributed by atoms with Gasteiger partial charge in [-0.15, -0.1) is 0 Å². The average molecular weight is 436 g/mol. The molecular formula is C25H33N5O2. The smallest absolute Gasteiger partial charge is 0.315 e. The Hall–Kier alpha value is -3.06. The van der Waals surface area contributed by atoms with E-state index in [0.717, 1.165) is 57.4 Å². The monoisotopic (exact) mass is 435 g/mol. The van der Waals surface area contributed by atoms with Crippen LogP contribution in [-0.4, -0.2) is 49.1 Å². The maximum atomic E-state index is 12.1. The molecule has 0 unspecified atom stereocenters. The lowest BCUT2D eigenvalue weighted by atomic mass is 10.1. The number of primary amides is 1. The molecule has 1 saturated heterocycles. The number of hydrogen-bond acceptors (Lipinski definition) is 4. The summed E-state index contributed by atoms with van der Waals surface area (Å²) in [5.41, 5.74) is 10.5. The molecule has 3 amide bonds. The van der Waals surface area contributed by atoms with Crippen LogP contribution >= 0.6 is 0 Å². The van der Waals surface area contributed by atoms with Gasteiger partial charge in [0, 0.05) is 38.4 Å². The molecule has 2 aromatic rings. The van der Waals surface area contributed by atoms with Gasteiger partial charge in [-0.1, -0.05) is 42.5 Å². The van der Waals surface area contributed by atoms with Crippen molar-refractivity contribution in [3.63, 3.8) is 0 Å². The number of rotatable bonds is 9. The first kappa shape index (κ1) is 22.1. The van der Waals surface area contributed by atoms with Gasteiger partial charge in [-0.2, -0.15) is 0 Å². The van der Waals surface area contributed by atoms with Crippen LogP contribution < -0.4 is 21.3 Å². The third-order valence-corrected chi connectivity index (χ3v) is 6.43. The molecule has 0 spiro atoms. The summed E-state index contributed by atoms with van der Waals surface area (Å²) in [6, 6.07) is 16.7. The molecule has 1 fully saturated rings. The number of hydrogen-bond donors (Lipinski definition) is 3. The molecule has 0 aromatic heterocycles. The summed E-state index contributed by atoms with van der Waals surface area (Å²) < 4.78 is 0. The van der Waals surface area contributed by atoms with Crippen LogP contribution in [-0.2, 0) is 24.3 Å². The summed E-state index contributed by atoms with van der Waals surface area (Å²) in [6.45, 7) is 4.71. The number of amides is 3. The Kier molecular flexibility index (Phi) is 7.27. The summed E-state index contributed by atoms with van der Waals surface area (Å²) in [7, 11) is 0. The molecule has 2 aliphatic rings. The number of likely N-dealkylation sites (tertiary alicyclic amines) is 1. The van der Waals surface area contributed by atoms with E-state index in [0.29, 0.717) is 13.1 Å². The molecule has 1 atom stereocenters. The summed E-state index contributed by atoms with van der Waals surface area (Å²) in [4.78, 5) is 28.0. The van der Waals surface area contributed by atoms with E-state index in [2.05, 4.69) is 69.0 Å². The van der Waals surface area contributed by atoms with E-state index < -0.39 is 0 Å². The second kappa shape index (κ2) is 10.5. The van der Waals surface area contributed by atoms with Crippen molar-refractivity contribution in [2.75, 3.05) is 31.1 Å². The van der Waals surface area contributed by atoms with Crippen LogP contribution in [0.4, 0.5) is 10.5 Å². The van der Waals surface area contributed by atoms with Crippen LogP contribution in [0, 0.1) is 0 Å². The molecule has 4 N–H and O–H groups in total. The zero-order valence-corrected chi connectivity index (χ0v) is 18.6. The lowest BCUT2D eigenvalue weighted by Crippen LogP contribution is -2.42. The fraction of sp³-hybridized carbons (Fsp3) is 0.440. The number of nitrogens with one attached hydrogen (secondary N) is 2. The number of fused-ring (bicyclic) bond motifs is 1. The van der Waals surface area contributed by atoms with E-state index in [1.54, 1.807) is 0 Å². The Morgan fingerprint density at radius 1 is 1.00 bits per heavy atom. The minimum absolute atomic E-state index is 0.146. The molecule has 0 radical (unpaired) electrons. The first-order chi connectivity index (χ1) is 15.6. The first-order valence-corrected chi connectivity index (χ1v) is 11.6. The van der Waals surface area contributed by atoms with Gasteiger partial charge in [0.1, 0.15) is 0 Å². The largest absolute Gasteiger partial charge is 0.368 e. The normalized spacial score (nSPS) is 17.9. The third-order valence-electron chi connectivity index (χ3n) is 6.43. The van der Waals surface area contributed by atoms with E-state index in [1.807, 2.05) is 0 Å². The van der Waals surface area contributed by atoms with Crippen molar-refractivity contribution in [1.82, 2.24) is 15.5 Å². The molecule has 4 rings (SSSR count). The first-order valence-electron chi connectivity index (χ1n) is 11.6. The SMILES string of the molecule is NC(=O)[C@@H]1CCCN1CCCNC(=O)NCc1ccc(CN2CCc3ccccc32)cc1. The number of carbonyl (C=O) groups is 2. The highest BCUT2D eigenvalue weighted by atomic mass is 16.2. The predicted molar refractivity (Wildman–Crippen MR) is 126 cm³/mol. The molecule has 170 valence electrons. The molecule has 7 nitrogen and oxygen atoms in total. The molecule has 0 saturated carbocycles. The Morgan fingerprint density at radius 2 is 1.78 bits per heavy atom. The van der Waals surface area contributed by atoms with Crippen LogP contribution in [0.1, 0.15) is 36.0 Å². The topological polar surface area (TPSA) is 90.7 Å². The van der Waals surface area contributed by atoms with Crippen LogP contribution in [0.25, 0.3) is 0 Å².